The van der Waals surface area contributed by atoms with Crippen LogP contribution in [0.15, 0.2) is 0 Å². The van der Waals surface area contributed by atoms with Crippen molar-refractivity contribution in [2.45, 2.75) is 54.9 Å². The molecular formula is C13H26. The summed E-state index contributed by atoms with van der Waals surface area (Å²) >= 11 is 0. The second-order valence-electron chi connectivity index (χ2n) is 5.89. The molecule has 0 aromatic carbocycles. The molecular weight excluding hydrogens is 156 g/mol. The van der Waals surface area contributed by atoms with Crippen LogP contribution in [0.3, 0.4) is 0 Å². The Kier molecular flexibility index (Phi) is 2.56. The van der Waals surface area contributed by atoms with Gasteiger partial charge in [-0.2, -0.15) is 0 Å². The molecule has 4 atom stereocenters. The van der Waals surface area contributed by atoms with Crippen LogP contribution in [0.2, 0.25) is 0 Å². The molecule has 0 nitrogen and oxygen atoms in total. The third-order valence-electron chi connectivity index (χ3n) is 5.86. The molecule has 1 fully saturated rings. The van der Waals surface area contributed by atoms with E-state index in [1.54, 1.807) is 0 Å². The summed E-state index contributed by atoms with van der Waals surface area (Å²) in [6.07, 6.45) is 1.32. The van der Waals surface area contributed by atoms with Crippen molar-refractivity contribution < 1.29 is 0 Å². The van der Waals surface area contributed by atoms with Crippen molar-refractivity contribution in [1.82, 2.24) is 0 Å². The third kappa shape index (κ3) is 1.10. The Balaban J connectivity index is 2.91. The fourth-order valence-electron chi connectivity index (χ4n) is 3.63. The Morgan fingerprint density at radius 3 is 1.85 bits per heavy atom. The molecule has 0 saturated heterocycles. The molecule has 0 amide bonds. The fourth-order valence-corrected chi connectivity index (χ4v) is 3.63. The zero-order chi connectivity index (χ0) is 10.4. The predicted octanol–water partition coefficient (Wildman–Crippen LogP) is 4.35. The van der Waals surface area contributed by atoms with Gasteiger partial charge >= 0.3 is 0 Å². The van der Waals surface area contributed by atoms with Crippen LogP contribution in [0.5, 0.6) is 0 Å². The highest BCUT2D eigenvalue weighted by Crippen LogP contribution is 2.67. The smallest absolute Gasteiger partial charge is 0.0218 e. The lowest BCUT2D eigenvalue weighted by Gasteiger charge is -2.67. The molecule has 4 unspecified atom stereocenters. The molecule has 0 radical (unpaired) electrons. The summed E-state index contributed by atoms with van der Waals surface area (Å²) in [6.45, 7) is 17.0. The summed E-state index contributed by atoms with van der Waals surface area (Å²) in [7, 11) is 0. The number of hydrogen-bond acceptors (Lipinski definition) is 0. The maximum atomic E-state index is 2.49. The molecule has 78 valence electrons. The molecule has 0 aromatic rings. The van der Waals surface area contributed by atoms with Crippen molar-refractivity contribution in [1.29, 1.82) is 0 Å². The van der Waals surface area contributed by atoms with E-state index in [1.807, 2.05) is 0 Å². The molecule has 1 saturated carbocycles. The fraction of sp³-hybridized carbons (Fsp3) is 1.00. The molecule has 0 bridgehead atoms. The van der Waals surface area contributed by atoms with Crippen molar-refractivity contribution >= 4 is 0 Å². The van der Waals surface area contributed by atoms with Gasteiger partial charge in [-0.25, -0.2) is 0 Å². The van der Waals surface area contributed by atoms with Gasteiger partial charge in [-0.15, -0.1) is 0 Å². The van der Waals surface area contributed by atoms with E-state index < -0.39 is 0 Å². The number of rotatable bonds is 2. The summed E-state index contributed by atoms with van der Waals surface area (Å²) in [5.74, 6) is 2.62. The molecule has 1 aliphatic rings. The molecule has 0 aliphatic heterocycles. The first kappa shape index (κ1) is 11.1. The van der Waals surface area contributed by atoms with E-state index in [1.165, 1.54) is 6.42 Å². The lowest BCUT2D eigenvalue weighted by molar-refractivity contribution is -0.193. The van der Waals surface area contributed by atoms with Crippen molar-refractivity contribution in [2.24, 2.45) is 28.6 Å². The highest BCUT2D eigenvalue weighted by Gasteiger charge is 2.61. The van der Waals surface area contributed by atoms with Gasteiger partial charge in [0.1, 0.15) is 0 Å². The normalized spacial score (nSPS) is 45.5. The monoisotopic (exact) mass is 182 g/mol. The quantitative estimate of drug-likeness (QED) is 0.595. The lowest BCUT2D eigenvalue weighted by atomic mass is 9.37. The minimum absolute atomic E-state index is 0.530. The topological polar surface area (TPSA) is 0 Å². The summed E-state index contributed by atoms with van der Waals surface area (Å²) < 4.78 is 0. The highest BCUT2D eigenvalue weighted by molar-refractivity contribution is 5.09. The second-order valence-corrected chi connectivity index (χ2v) is 5.89. The first-order chi connectivity index (χ1) is 5.80. The van der Waals surface area contributed by atoms with Gasteiger partial charge in [-0.3, -0.25) is 0 Å². The van der Waals surface area contributed by atoms with Crippen LogP contribution in [0, 0.1) is 28.6 Å². The lowest BCUT2D eigenvalue weighted by Crippen LogP contribution is -2.61. The van der Waals surface area contributed by atoms with Crippen LogP contribution in [0.4, 0.5) is 0 Å². The molecule has 0 heterocycles. The van der Waals surface area contributed by atoms with Crippen LogP contribution in [0.1, 0.15) is 54.9 Å². The van der Waals surface area contributed by atoms with E-state index >= 15 is 0 Å². The van der Waals surface area contributed by atoms with Gasteiger partial charge in [0.2, 0.25) is 0 Å². The first-order valence-electron chi connectivity index (χ1n) is 5.80. The Labute approximate surface area is 84.1 Å². The van der Waals surface area contributed by atoms with Crippen molar-refractivity contribution in [3.63, 3.8) is 0 Å². The summed E-state index contributed by atoms with van der Waals surface area (Å²) in [6, 6.07) is 0. The largest absolute Gasteiger partial charge is 0.0651 e. The maximum Gasteiger partial charge on any atom is -0.0218 e. The van der Waals surface area contributed by atoms with E-state index in [9.17, 15) is 0 Å². The maximum absolute atomic E-state index is 2.49. The zero-order valence-electron chi connectivity index (χ0n) is 10.4. The third-order valence-corrected chi connectivity index (χ3v) is 5.86. The Bertz CT molecular complexity index is 186. The van der Waals surface area contributed by atoms with Crippen LogP contribution >= 0.6 is 0 Å². The minimum atomic E-state index is 0.530. The first-order valence-corrected chi connectivity index (χ1v) is 5.80. The minimum Gasteiger partial charge on any atom is -0.0651 e. The molecule has 0 spiro atoms. The van der Waals surface area contributed by atoms with Crippen LogP contribution in [0.25, 0.3) is 0 Å². The molecule has 13 heavy (non-hydrogen) atoms. The van der Waals surface area contributed by atoms with Crippen molar-refractivity contribution in [2.75, 3.05) is 0 Å². The van der Waals surface area contributed by atoms with Gasteiger partial charge in [-0.05, 0) is 28.6 Å². The predicted molar refractivity (Wildman–Crippen MR) is 59.7 cm³/mol. The van der Waals surface area contributed by atoms with Crippen LogP contribution in [-0.2, 0) is 0 Å². The van der Waals surface area contributed by atoms with Crippen LogP contribution in [-0.4, -0.2) is 0 Å². The van der Waals surface area contributed by atoms with Gasteiger partial charge in [0, 0.05) is 0 Å². The van der Waals surface area contributed by atoms with Gasteiger partial charge in [0.15, 0.2) is 0 Å². The average molecular weight is 182 g/mol. The molecule has 1 rings (SSSR count). The van der Waals surface area contributed by atoms with E-state index in [-0.39, 0.29) is 0 Å². The van der Waals surface area contributed by atoms with E-state index in [2.05, 4.69) is 48.5 Å². The average Bonchev–Trinajstić information content (AvgIpc) is 2.12. The van der Waals surface area contributed by atoms with Gasteiger partial charge in [0.25, 0.3) is 0 Å². The van der Waals surface area contributed by atoms with Gasteiger partial charge < -0.3 is 0 Å². The summed E-state index contributed by atoms with van der Waals surface area (Å²) in [4.78, 5) is 0. The Morgan fingerprint density at radius 2 is 1.54 bits per heavy atom. The summed E-state index contributed by atoms with van der Waals surface area (Å²) in [5.41, 5.74) is 1.09. The van der Waals surface area contributed by atoms with E-state index in [0.717, 1.165) is 17.8 Å². The molecule has 0 heteroatoms. The Morgan fingerprint density at radius 1 is 1.08 bits per heavy atom. The molecule has 0 aromatic heterocycles. The standard InChI is InChI=1S/C13H26/c1-8-9(2)13(7)11(4)10(3)12(13,5)6/h9-11H,8H2,1-7H3. The zero-order valence-corrected chi connectivity index (χ0v) is 10.4. The van der Waals surface area contributed by atoms with E-state index in [4.69, 9.17) is 0 Å². The SMILES string of the molecule is CCC(C)C1(C)C(C)C(C)C1(C)C. The van der Waals surface area contributed by atoms with Gasteiger partial charge in [0.05, 0.1) is 0 Å². The van der Waals surface area contributed by atoms with Crippen LogP contribution < -0.4 is 0 Å². The molecule has 1 aliphatic carbocycles. The summed E-state index contributed by atoms with van der Waals surface area (Å²) in [5, 5.41) is 0. The highest BCUT2D eigenvalue weighted by atomic mass is 14.7. The molecule has 0 N–H and O–H groups in total. The van der Waals surface area contributed by atoms with Crippen molar-refractivity contribution in [3.8, 4) is 0 Å². The van der Waals surface area contributed by atoms with Crippen molar-refractivity contribution in [3.05, 3.63) is 0 Å². The Hall–Kier alpha value is 0. The van der Waals surface area contributed by atoms with Gasteiger partial charge in [-0.1, -0.05) is 54.9 Å². The second kappa shape index (κ2) is 3.00. The van der Waals surface area contributed by atoms with E-state index in [0.29, 0.717) is 10.8 Å². The number of hydrogen-bond donors (Lipinski definition) is 0.